The second-order valence-electron chi connectivity index (χ2n) is 5.82. The highest BCUT2D eigenvalue weighted by Crippen LogP contribution is 2.16. The molecule has 1 unspecified atom stereocenters. The normalized spacial score (nSPS) is 17.3. The standard InChI is InChI=1S/C16H22N4O2/c1-10-13(11(2)19-16(22)14(10)8-17)4-5-15(21)20(3)12-6-7-18-9-12/h12,18H,4-7,9H2,1-3H3,(H,19,22). The maximum atomic E-state index is 12.3. The molecule has 1 atom stereocenters. The first-order valence-corrected chi connectivity index (χ1v) is 7.54. The molecule has 1 aromatic rings. The molecule has 22 heavy (non-hydrogen) atoms. The van der Waals surface area contributed by atoms with Crippen LogP contribution in [0.4, 0.5) is 0 Å². The molecule has 1 fully saturated rings. The topological polar surface area (TPSA) is 89.0 Å². The summed E-state index contributed by atoms with van der Waals surface area (Å²) in [7, 11) is 1.84. The number of likely N-dealkylation sites (N-methyl/N-ethyl adjacent to an activating group) is 1. The van der Waals surface area contributed by atoms with Crippen LogP contribution in [0.1, 0.15) is 35.2 Å². The Morgan fingerprint density at radius 1 is 1.45 bits per heavy atom. The highest BCUT2D eigenvalue weighted by Gasteiger charge is 2.23. The van der Waals surface area contributed by atoms with Crippen LogP contribution in [0.25, 0.3) is 0 Å². The lowest BCUT2D eigenvalue weighted by molar-refractivity contribution is -0.131. The van der Waals surface area contributed by atoms with Gasteiger partial charge in [-0.2, -0.15) is 5.26 Å². The van der Waals surface area contributed by atoms with Crippen molar-refractivity contribution in [3.8, 4) is 6.07 Å². The predicted octanol–water partition coefficient (Wildman–Crippen LogP) is 0.616. The van der Waals surface area contributed by atoms with Crippen LogP contribution < -0.4 is 10.9 Å². The molecule has 6 heteroatoms. The largest absolute Gasteiger partial charge is 0.341 e. The second-order valence-corrected chi connectivity index (χ2v) is 5.82. The number of aromatic amines is 1. The van der Waals surface area contributed by atoms with Crippen LogP contribution in [0, 0.1) is 25.2 Å². The molecule has 2 N–H and O–H groups in total. The first kappa shape index (κ1) is 16.2. The van der Waals surface area contributed by atoms with Gasteiger partial charge in [-0.1, -0.05) is 0 Å². The Morgan fingerprint density at radius 3 is 2.77 bits per heavy atom. The van der Waals surface area contributed by atoms with Gasteiger partial charge in [0.1, 0.15) is 11.6 Å². The van der Waals surface area contributed by atoms with Crippen LogP contribution in [-0.4, -0.2) is 42.0 Å². The average Bonchev–Trinajstić information content (AvgIpc) is 3.00. The van der Waals surface area contributed by atoms with E-state index in [0.29, 0.717) is 18.4 Å². The quantitative estimate of drug-likeness (QED) is 0.853. The Kier molecular flexibility index (Phi) is 4.99. The Balaban J connectivity index is 2.10. The SMILES string of the molecule is Cc1[nH]c(=O)c(C#N)c(C)c1CCC(=O)N(C)C1CCNC1. The fraction of sp³-hybridized carbons (Fsp3) is 0.562. The highest BCUT2D eigenvalue weighted by molar-refractivity contribution is 5.76. The smallest absolute Gasteiger partial charge is 0.266 e. The van der Waals surface area contributed by atoms with Gasteiger partial charge in [0, 0.05) is 31.7 Å². The van der Waals surface area contributed by atoms with Gasteiger partial charge in [-0.25, -0.2) is 0 Å². The van der Waals surface area contributed by atoms with Gasteiger partial charge in [-0.05, 0) is 44.4 Å². The number of nitriles is 1. The zero-order valence-electron chi connectivity index (χ0n) is 13.3. The molecular formula is C16H22N4O2. The van der Waals surface area contributed by atoms with Crippen molar-refractivity contribution >= 4 is 5.91 Å². The zero-order valence-corrected chi connectivity index (χ0v) is 13.3. The predicted molar refractivity (Wildman–Crippen MR) is 83.6 cm³/mol. The number of hydrogen-bond acceptors (Lipinski definition) is 4. The zero-order chi connectivity index (χ0) is 16.3. The molecular weight excluding hydrogens is 280 g/mol. The van der Waals surface area contributed by atoms with Crippen LogP contribution in [0.2, 0.25) is 0 Å². The van der Waals surface area contributed by atoms with Crippen molar-refractivity contribution in [2.24, 2.45) is 0 Å². The van der Waals surface area contributed by atoms with Crippen LogP contribution >= 0.6 is 0 Å². The number of aromatic nitrogens is 1. The Bertz CT molecular complexity index is 666. The molecule has 6 nitrogen and oxygen atoms in total. The molecule has 2 heterocycles. The van der Waals surface area contributed by atoms with E-state index in [0.717, 1.165) is 30.8 Å². The number of aryl methyl sites for hydroxylation is 1. The number of nitrogens with one attached hydrogen (secondary N) is 2. The molecule has 118 valence electrons. The number of carbonyl (C=O) groups excluding carboxylic acids is 1. The number of amides is 1. The molecule has 1 amide bonds. The van der Waals surface area contributed by atoms with Crippen LogP contribution in [0.5, 0.6) is 0 Å². The minimum atomic E-state index is -0.360. The van der Waals surface area contributed by atoms with Crippen molar-refractivity contribution in [3.05, 3.63) is 32.7 Å². The van der Waals surface area contributed by atoms with Gasteiger partial charge in [0.2, 0.25) is 5.91 Å². The highest BCUT2D eigenvalue weighted by atomic mass is 16.2. The Morgan fingerprint density at radius 2 is 2.18 bits per heavy atom. The van der Waals surface area contributed by atoms with Crippen molar-refractivity contribution in [2.45, 2.75) is 39.2 Å². The van der Waals surface area contributed by atoms with E-state index < -0.39 is 0 Å². The third-order valence-corrected chi connectivity index (χ3v) is 4.48. The first-order valence-electron chi connectivity index (χ1n) is 7.54. The van der Waals surface area contributed by atoms with Gasteiger partial charge in [0.25, 0.3) is 5.56 Å². The molecule has 0 bridgehead atoms. The summed E-state index contributed by atoms with van der Waals surface area (Å²) in [5, 5.41) is 12.3. The molecule has 0 aromatic carbocycles. The van der Waals surface area contributed by atoms with Gasteiger partial charge in [-0.15, -0.1) is 0 Å². The lowest BCUT2D eigenvalue weighted by Crippen LogP contribution is -2.38. The lowest BCUT2D eigenvalue weighted by Gasteiger charge is -2.24. The summed E-state index contributed by atoms with van der Waals surface area (Å²) < 4.78 is 0. The van der Waals surface area contributed by atoms with Crippen molar-refractivity contribution in [2.75, 3.05) is 20.1 Å². The minimum Gasteiger partial charge on any atom is -0.341 e. The minimum absolute atomic E-state index is 0.0946. The second kappa shape index (κ2) is 6.75. The third-order valence-electron chi connectivity index (χ3n) is 4.48. The number of carbonyl (C=O) groups is 1. The Hall–Kier alpha value is -2.13. The number of nitrogens with zero attached hydrogens (tertiary/aromatic N) is 2. The van der Waals surface area contributed by atoms with E-state index in [2.05, 4.69) is 10.3 Å². The maximum Gasteiger partial charge on any atom is 0.266 e. The summed E-state index contributed by atoms with van der Waals surface area (Å²) in [6.45, 7) is 5.37. The summed E-state index contributed by atoms with van der Waals surface area (Å²) in [4.78, 5) is 28.5. The average molecular weight is 302 g/mol. The summed E-state index contributed by atoms with van der Waals surface area (Å²) in [6, 6.07) is 2.20. The number of rotatable bonds is 4. The number of pyridine rings is 1. The number of hydrogen-bond donors (Lipinski definition) is 2. The molecule has 1 aliphatic heterocycles. The van der Waals surface area contributed by atoms with E-state index in [1.807, 2.05) is 18.0 Å². The molecule has 0 aliphatic carbocycles. The van der Waals surface area contributed by atoms with Crippen LogP contribution in [0.3, 0.4) is 0 Å². The monoisotopic (exact) mass is 302 g/mol. The Labute approximate surface area is 130 Å². The van der Waals surface area contributed by atoms with Gasteiger partial charge in [0.05, 0.1) is 0 Å². The third kappa shape index (κ3) is 3.20. The first-order chi connectivity index (χ1) is 10.5. The molecule has 1 aromatic heterocycles. The summed E-state index contributed by atoms with van der Waals surface area (Å²) >= 11 is 0. The molecule has 0 spiro atoms. The van der Waals surface area contributed by atoms with E-state index >= 15 is 0 Å². The van der Waals surface area contributed by atoms with E-state index in [1.54, 1.807) is 13.8 Å². The summed E-state index contributed by atoms with van der Waals surface area (Å²) in [5.41, 5.74) is 2.09. The fourth-order valence-corrected chi connectivity index (χ4v) is 3.00. The van der Waals surface area contributed by atoms with Gasteiger partial charge in [-0.3, -0.25) is 9.59 Å². The van der Waals surface area contributed by atoms with Crippen molar-refractivity contribution in [1.82, 2.24) is 15.2 Å². The molecule has 1 aliphatic rings. The van der Waals surface area contributed by atoms with Gasteiger partial charge >= 0.3 is 0 Å². The van der Waals surface area contributed by atoms with Crippen molar-refractivity contribution in [3.63, 3.8) is 0 Å². The molecule has 0 saturated carbocycles. The maximum absolute atomic E-state index is 12.3. The van der Waals surface area contributed by atoms with Crippen molar-refractivity contribution in [1.29, 1.82) is 5.26 Å². The summed E-state index contributed by atoms with van der Waals surface area (Å²) in [6.07, 6.45) is 1.90. The fourth-order valence-electron chi connectivity index (χ4n) is 3.00. The van der Waals surface area contributed by atoms with Crippen LogP contribution in [0.15, 0.2) is 4.79 Å². The molecule has 2 rings (SSSR count). The van der Waals surface area contributed by atoms with E-state index in [-0.39, 0.29) is 23.1 Å². The van der Waals surface area contributed by atoms with Crippen LogP contribution in [-0.2, 0) is 11.2 Å². The van der Waals surface area contributed by atoms with E-state index in [4.69, 9.17) is 5.26 Å². The molecule has 0 radical (unpaired) electrons. The molecule has 1 saturated heterocycles. The lowest BCUT2D eigenvalue weighted by atomic mass is 9.98. The summed E-state index contributed by atoms with van der Waals surface area (Å²) in [5.74, 6) is 0.0946. The van der Waals surface area contributed by atoms with Gasteiger partial charge in [0.15, 0.2) is 0 Å². The van der Waals surface area contributed by atoms with Gasteiger partial charge < -0.3 is 15.2 Å². The van der Waals surface area contributed by atoms with E-state index in [1.165, 1.54) is 0 Å². The van der Waals surface area contributed by atoms with E-state index in [9.17, 15) is 9.59 Å². The van der Waals surface area contributed by atoms with Crippen molar-refractivity contribution < 1.29 is 4.79 Å². The number of H-pyrrole nitrogens is 1.